The summed E-state index contributed by atoms with van der Waals surface area (Å²) in [5.41, 5.74) is 3.12. The Morgan fingerprint density at radius 2 is 2.03 bits per heavy atom. The SMILES string of the molecule is CCc1cc(=O)n(CC(=O)N[C@@H]2CCc3ccccc32)c(-c2cccc(F)c2)n1. The molecule has 0 saturated carbocycles. The fourth-order valence-electron chi connectivity index (χ4n) is 3.83. The van der Waals surface area contributed by atoms with Crippen LogP contribution in [0, 0.1) is 5.82 Å². The average molecular weight is 391 g/mol. The molecule has 0 saturated heterocycles. The average Bonchev–Trinajstić information content (AvgIpc) is 3.12. The largest absolute Gasteiger partial charge is 0.348 e. The maximum atomic E-state index is 13.7. The smallest absolute Gasteiger partial charge is 0.254 e. The van der Waals surface area contributed by atoms with E-state index in [0.717, 1.165) is 18.4 Å². The minimum absolute atomic E-state index is 0.0603. The summed E-state index contributed by atoms with van der Waals surface area (Å²) in [7, 11) is 0. The van der Waals surface area contributed by atoms with Crippen LogP contribution in [0.3, 0.4) is 0 Å². The van der Waals surface area contributed by atoms with Gasteiger partial charge in [0, 0.05) is 17.3 Å². The number of hydrogen-bond donors (Lipinski definition) is 1. The van der Waals surface area contributed by atoms with Gasteiger partial charge in [0.2, 0.25) is 5.91 Å². The Labute approximate surface area is 168 Å². The van der Waals surface area contributed by atoms with E-state index < -0.39 is 5.82 Å². The number of aryl methyl sites for hydroxylation is 2. The standard InChI is InChI=1S/C23H22FN3O2/c1-2-18-13-22(29)27(23(25-18)16-7-5-8-17(24)12-16)14-21(28)26-20-11-10-15-6-3-4-9-19(15)20/h3-9,12-13,20H,2,10-11,14H2,1H3,(H,26,28)/t20-/m1/s1. The van der Waals surface area contributed by atoms with E-state index in [-0.39, 0.29) is 24.1 Å². The van der Waals surface area contributed by atoms with Gasteiger partial charge in [-0.2, -0.15) is 0 Å². The molecule has 1 atom stereocenters. The molecule has 6 heteroatoms. The molecular weight excluding hydrogens is 369 g/mol. The van der Waals surface area contributed by atoms with Gasteiger partial charge >= 0.3 is 0 Å². The number of aromatic nitrogens is 2. The Hall–Kier alpha value is -3.28. The second kappa shape index (κ2) is 7.99. The van der Waals surface area contributed by atoms with E-state index in [1.165, 1.54) is 28.3 Å². The first-order chi connectivity index (χ1) is 14.0. The zero-order chi connectivity index (χ0) is 20.4. The van der Waals surface area contributed by atoms with E-state index in [2.05, 4.69) is 16.4 Å². The van der Waals surface area contributed by atoms with Gasteiger partial charge in [0.15, 0.2) is 0 Å². The summed E-state index contributed by atoms with van der Waals surface area (Å²) in [5.74, 6) is -0.384. The molecule has 1 heterocycles. The number of carbonyl (C=O) groups is 1. The molecule has 0 radical (unpaired) electrons. The lowest BCUT2D eigenvalue weighted by Crippen LogP contribution is -2.35. The Kier molecular flexibility index (Phi) is 5.25. The number of nitrogens with one attached hydrogen (secondary N) is 1. The van der Waals surface area contributed by atoms with Crippen molar-refractivity contribution < 1.29 is 9.18 Å². The van der Waals surface area contributed by atoms with Crippen molar-refractivity contribution in [1.29, 1.82) is 0 Å². The second-order valence-corrected chi connectivity index (χ2v) is 7.22. The first-order valence-electron chi connectivity index (χ1n) is 9.79. The predicted octanol–water partition coefficient (Wildman–Crippen LogP) is 3.42. The van der Waals surface area contributed by atoms with Crippen molar-refractivity contribution in [3.8, 4) is 11.4 Å². The van der Waals surface area contributed by atoms with Crippen LogP contribution in [0.4, 0.5) is 4.39 Å². The first kappa shape index (κ1) is 19.1. The fourth-order valence-corrected chi connectivity index (χ4v) is 3.83. The number of fused-ring (bicyclic) bond motifs is 1. The number of nitrogens with zero attached hydrogens (tertiary/aromatic N) is 2. The van der Waals surface area contributed by atoms with Gasteiger partial charge in [0.05, 0.1) is 6.04 Å². The Bertz CT molecular complexity index is 1120. The third-order valence-electron chi connectivity index (χ3n) is 5.28. The van der Waals surface area contributed by atoms with E-state index in [9.17, 15) is 14.0 Å². The highest BCUT2D eigenvalue weighted by Gasteiger charge is 2.24. The molecule has 1 aliphatic rings. The molecule has 2 aromatic carbocycles. The molecule has 1 N–H and O–H groups in total. The Balaban J connectivity index is 1.63. The van der Waals surface area contributed by atoms with Crippen molar-refractivity contribution in [2.45, 2.75) is 38.8 Å². The molecule has 148 valence electrons. The zero-order valence-corrected chi connectivity index (χ0v) is 16.2. The van der Waals surface area contributed by atoms with Crippen molar-refractivity contribution in [2.24, 2.45) is 0 Å². The number of amides is 1. The quantitative estimate of drug-likeness (QED) is 0.725. The van der Waals surface area contributed by atoms with Gasteiger partial charge in [-0.05, 0) is 42.5 Å². The first-order valence-corrected chi connectivity index (χ1v) is 9.79. The molecule has 3 aromatic rings. The van der Waals surface area contributed by atoms with Crippen LogP contribution in [0.25, 0.3) is 11.4 Å². The molecule has 0 aliphatic heterocycles. The van der Waals surface area contributed by atoms with E-state index in [0.29, 0.717) is 23.5 Å². The van der Waals surface area contributed by atoms with E-state index in [1.54, 1.807) is 12.1 Å². The van der Waals surface area contributed by atoms with E-state index >= 15 is 0 Å². The van der Waals surface area contributed by atoms with Gasteiger partial charge in [-0.3, -0.25) is 14.2 Å². The summed E-state index contributed by atoms with van der Waals surface area (Å²) in [6.45, 7) is 1.73. The van der Waals surface area contributed by atoms with Crippen LogP contribution < -0.4 is 10.9 Å². The van der Waals surface area contributed by atoms with Gasteiger partial charge in [-0.1, -0.05) is 43.3 Å². The summed E-state index contributed by atoms with van der Waals surface area (Å²) in [6, 6.07) is 15.3. The third kappa shape index (κ3) is 3.97. The Morgan fingerprint density at radius 3 is 2.83 bits per heavy atom. The molecule has 5 nitrogen and oxygen atoms in total. The number of hydrogen-bond acceptors (Lipinski definition) is 3. The zero-order valence-electron chi connectivity index (χ0n) is 16.2. The maximum Gasteiger partial charge on any atom is 0.254 e. The molecule has 0 unspecified atom stereocenters. The normalized spacial score (nSPS) is 15.2. The molecular formula is C23H22FN3O2. The lowest BCUT2D eigenvalue weighted by molar-refractivity contribution is -0.122. The minimum Gasteiger partial charge on any atom is -0.348 e. The third-order valence-corrected chi connectivity index (χ3v) is 5.28. The molecule has 1 aliphatic carbocycles. The predicted molar refractivity (Wildman–Crippen MR) is 109 cm³/mol. The molecule has 0 bridgehead atoms. The van der Waals surface area contributed by atoms with Gasteiger partial charge in [0.1, 0.15) is 18.2 Å². The lowest BCUT2D eigenvalue weighted by Gasteiger charge is -2.17. The van der Waals surface area contributed by atoms with Gasteiger partial charge in [0.25, 0.3) is 5.56 Å². The summed E-state index contributed by atoms with van der Waals surface area (Å²) in [6.07, 6.45) is 2.33. The molecule has 1 amide bonds. The Morgan fingerprint density at radius 1 is 1.21 bits per heavy atom. The van der Waals surface area contributed by atoms with Crippen LogP contribution >= 0.6 is 0 Å². The maximum absolute atomic E-state index is 13.7. The number of carbonyl (C=O) groups excluding carboxylic acids is 1. The molecule has 29 heavy (non-hydrogen) atoms. The highest BCUT2D eigenvalue weighted by atomic mass is 19.1. The number of rotatable bonds is 5. The van der Waals surface area contributed by atoms with Crippen LogP contribution in [-0.2, 0) is 24.2 Å². The van der Waals surface area contributed by atoms with Crippen molar-refractivity contribution >= 4 is 5.91 Å². The van der Waals surface area contributed by atoms with Crippen LogP contribution in [-0.4, -0.2) is 15.5 Å². The van der Waals surface area contributed by atoms with Crippen LogP contribution in [0.15, 0.2) is 59.4 Å². The van der Waals surface area contributed by atoms with Crippen LogP contribution in [0.1, 0.15) is 36.2 Å². The van der Waals surface area contributed by atoms with E-state index in [1.807, 2.05) is 25.1 Å². The van der Waals surface area contributed by atoms with E-state index in [4.69, 9.17) is 0 Å². The summed E-state index contributed by atoms with van der Waals surface area (Å²) < 4.78 is 15.1. The van der Waals surface area contributed by atoms with Crippen molar-refractivity contribution in [3.05, 3.63) is 87.6 Å². The lowest BCUT2D eigenvalue weighted by atomic mass is 10.1. The minimum atomic E-state index is -0.419. The second-order valence-electron chi connectivity index (χ2n) is 7.22. The monoisotopic (exact) mass is 391 g/mol. The molecule has 0 spiro atoms. The van der Waals surface area contributed by atoms with Crippen molar-refractivity contribution in [3.63, 3.8) is 0 Å². The van der Waals surface area contributed by atoms with Crippen molar-refractivity contribution in [1.82, 2.24) is 14.9 Å². The van der Waals surface area contributed by atoms with Crippen LogP contribution in [0.2, 0.25) is 0 Å². The number of benzene rings is 2. The molecule has 4 rings (SSSR count). The highest BCUT2D eigenvalue weighted by Crippen LogP contribution is 2.30. The fraction of sp³-hybridized carbons (Fsp3) is 0.261. The topological polar surface area (TPSA) is 64.0 Å². The van der Waals surface area contributed by atoms with Gasteiger partial charge < -0.3 is 5.32 Å². The summed E-state index contributed by atoms with van der Waals surface area (Å²) in [5, 5.41) is 3.03. The molecule has 0 fully saturated rings. The summed E-state index contributed by atoms with van der Waals surface area (Å²) in [4.78, 5) is 30.0. The van der Waals surface area contributed by atoms with Crippen LogP contribution in [0.5, 0.6) is 0 Å². The number of halogens is 1. The van der Waals surface area contributed by atoms with Gasteiger partial charge in [-0.15, -0.1) is 0 Å². The van der Waals surface area contributed by atoms with Gasteiger partial charge in [-0.25, -0.2) is 9.37 Å². The summed E-state index contributed by atoms with van der Waals surface area (Å²) >= 11 is 0. The molecule has 1 aromatic heterocycles. The van der Waals surface area contributed by atoms with Crippen molar-refractivity contribution in [2.75, 3.05) is 0 Å². The highest BCUT2D eigenvalue weighted by molar-refractivity contribution is 5.77.